The van der Waals surface area contributed by atoms with E-state index in [0.29, 0.717) is 0 Å². The summed E-state index contributed by atoms with van der Waals surface area (Å²) in [6.07, 6.45) is 8.72. The molecule has 0 saturated carbocycles. The number of carbonyl (C=O) groups excluding carboxylic acids is 2. The second-order valence-electron chi connectivity index (χ2n) is 5.40. The number of rotatable bonds is 2. The molecule has 1 aliphatic carbocycles. The number of carbonyl (C=O) groups is 2. The Balaban J connectivity index is 2.04. The Hall–Kier alpha value is -1.32. The third kappa shape index (κ3) is 2.57. The molecule has 2 aliphatic rings. The zero-order valence-electron chi connectivity index (χ0n) is 11.3. The molecule has 0 aromatic carbocycles. The van der Waals surface area contributed by atoms with Crippen molar-refractivity contribution in [1.82, 2.24) is 9.80 Å². The summed E-state index contributed by atoms with van der Waals surface area (Å²) in [6.45, 7) is 0.739. The van der Waals surface area contributed by atoms with E-state index >= 15 is 0 Å². The smallest absolute Gasteiger partial charge is 0.244 e. The van der Waals surface area contributed by atoms with Gasteiger partial charge in [-0.1, -0.05) is 12.2 Å². The Kier molecular flexibility index (Phi) is 4.04. The van der Waals surface area contributed by atoms with Crippen LogP contribution in [0.2, 0.25) is 0 Å². The van der Waals surface area contributed by atoms with Gasteiger partial charge in [0, 0.05) is 26.6 Å². The van der Waals surface area contributed by atoms with E-state index < -0.39 is 0 Å². The van der Waals surface area contributed by atoms with Gasteiger partial charge in [-0.3, -0.25) is 9.59 Å². The number of nitrogens with zero attached hydrogens (tertiary/aromatic N) is 2. The molecule has 0 bridgehead atoms. The summed E-state index contributed by atoms with van der Waals surface area (Å²) in [5.41, 5.74) is 0. The van der Waals surface area contributed by atoms with Crippen molar-refractivity contribution < 1.29 is 9.59 Å². The van der Waals surface area contributed by atoms with E-state index in [2.05, 4.69) is 12.2 Å². The minimum absolute atomic E-state index is 0.0622. The first-order valence-corrected chi connectivity index (χ1v) is 6.78. The van der Waals surface area contributed by atoms with Crippen molar-refractivity contribution in [2.24, 2.45) is 5.92 Å². The molecule has 100 valence electrons. The predicted molar refractivity (Wildman–Crippen MR) is 69.9 cm³/mol. The zero-order valence-corrected chi connectivity index (χ0v) is 11.3. The van der Waals surface area contributed by atoms with Crippen molar-refractivity contribution >= 4 is 11.8 Å². The molecule has 4 heteroatoms. The summed E-state index contributed by atoms with van der Waals surface area (Å²) in [6, 6.07) is -0.224. The van der Waals surface area contributed by atoms with Crippen molar-refractivity contribution in [2.75, 3.05) is 20.6 Å². The molecule has 1 fully saturated rings. The van der Waals surface area contributed by atoms with E-state index in [0.717, 1.165) is 38.6 Å². The highest BCUT2D eigenvalue weighted by Gasteiger charge is 2.37. The second-order valence-corrected chi connectivity index (χ2v) is 5.40. The van der Waals surface area contributed by atoms with Gasteiger partial charge in [0.05, 0.1) is 0 Å². The number of allylic oxidation sites excluding steroid dienone is 2. The number of hydrogen-bond acceptors (Lipinski definition) is 2. The summed E-state index contributed by atoms with van der Waals surface area (Å²) in [7, 11) is 3.51. The molecule has 2 rings (SSSR count). The van der Waals surface area contributed by atoms with E-state index in [4.69, 9.17) is 0 Å². The third-order valence-electron chi connectivity index (χ3n) is 3.88. The predicted octanol–water partition coefficient (Wildman–Crippen LogP) is 1.42. The number of amides is 2. The fraction of sp³-hybridized carbons (Fsp3) is 0.714. The molecule has 0 spiro atoms. The van der Waals surface area contributed by atoms with Crippen LogP contribution >= 0.6 is 0 Å². The average molecular weight is 250 g/mol. The monoisotopic (exact) mass is 250 g/mol. The highest BCUT2D eigenvalue weighted by Crippen LogP contribution is 2.26. The van der Waals surface area contributed by atoms with Gasteiger partial charge >= 0.3 is 0 Å². The number of hydrogen-bond donors (Lipinski definition) is 0. The SMILES string of the molecule is CN(C)C(=O)C1CCCN1C(=O)C1CC=CCC1. The van der Waals surface area contributed by atoms with E-state index in [9.17, 15) is 9.59 Å². The number of likely N-dealkylation sites (tertiary alicyclic amines) is 1. The molecule has 18 heavy (non-hydrogen) atoms. The molecule has 0 aromatic heterocycles. The lowest BCUT2D eigenvalue weighted by Crippen LogP contribution is -2.47. The summed E-state index contributed by atoms with van der Waals surface area (Å²) in [5, 5.41) is 0. The molecule has 1 saturated heterocycles. The standard InChI is InChI=1S/C14H22N2O2/c1-15(2)14(18)12-9-6-10-16(12)13(17)11-7-4-3-5-8-11/h3-4,11-12H,5-10H2,1-2H3. The third-order valence-corrected chi connectivity index (χ3v) is 3.88. The first-order valence-electron chi connectivity index (χ1n) is 6.78. The van der Waals surface area contributed by atoms with Crippen LogP contribution in [0, 0.1) is 5.92 Å². The minimum Gasteiger partial charge on any atom is -0.347 e. The molecule has 4 nitrogen and oxygen atoms in total. The van der Waals surface area contributed by atoms with E-state index in [1.807, 2.05) is 4.90 Å². The van der Waals surface area contributed by atoms with Crippen LogP contribution in [-0.2, 0) is 9.59 Å². The molecule has 0 radical (unpaired) electrons. The quantitative estimate of drug-likeness (QED) is 0.695. The highest BCUT2D eigenvalue weighted by atomic mass is 16.2. The normalized spacial score (nSPS) is 27.3. The van der Waals surface area contributed by atoms with Crippen LogP contribution in [0.3, 0.4) is 0 Å². The van der Waals surface area contributed by atoms with Gasteiger partial charge in [-0.05, 0) is 32.1 Å². The van der Waals surface area contributed by atoms with Crippen LogP contribution in [0.5, 0.6) is 0 Å². The first kappa shape index (κ1) is 13.1. The fourth-order valence-corrected chi connectivity index (χ4v) is 2.84. The summed E-state index contributed by atoms with van der Waals surface area (Å²) in [4.78, 5) is 27.9. The lowest BCUT2D eigenvalue weighted by molar-refractivity contribution is -0.144. The molecular weight excluding hydrogens is 228 g/mol. The topological polar surface area (TPSA) is 40.6 Å². The highest BCUT2D eigenvalue weighted by molar-refractivity contribution is 5.89. The van der Waals surface area contributed by atoms with Crippen LogP contribution < -0.4 is 0 Å². The second kappa shape index (κ2) is 5.55. The maximum atomic E-state index is 12.5. The Labute approximate surface area is 109 Å². The molecule has 0 N–H and O–H groups in total. The van der Waals surface area contributed by atoms with Crippen LogP contribution in [0.25, 0.3) is 0 Å². The summed E-state index contributed by atoms with van der Waals surface area (Å²) < 4.78 is 0. The molecule has 1 heterocycles. The van der Waals surface area contributed by atoms with Crippen LogP contribution in [0.15, 0.2) is 12.2 Å². The fourth-order valence-electron chi connectivity index (χ4n) is 2.84. The lowest BCUT2D eigenvalue weighted by Gasteiger charge is -2.30. The summed E-state index contributed by atoms with van der Waals surface area (Å²) >= 11 is 0. The van der Waals surface area contributed by atoms with Crippen LogP contribution in [0.1, 0.15) is 32.1 Å². The van der Waals surface area contributed by atoms with Crippen molar-refractivity contribution in [3.05, 3.63) is 12.2 Å². The van der Waals surface area contributed by atoms with E-state index in [-0.39, 0.29) is 23.8 Å². The number of likely N-dealkylation sites (N-methyl/N-ethyl adjacent to an activating group) is 1. The van der Waals surface area contributed by atoms with Gasteiger partial charge in [-0.25, -0.2) is 0 Å². The molecule has 2 unspecified atom stereocenters. The average Bonchev–Trinajstić information content (AvgIpc) is 2.87. The maximum Gasteiger partial charge on any atom is 0.244 e. The van der Waals surface area contributed by atoms with E-state index in [1.165, 1.54) is 0 Å². The zero-order chi connectivity index (χ0) is 13.1. The molecule has 1 aliphatic heterocycles. The van der Waals surface area contributed by atoms with Crippen molar-refractivity contribution in [3.8, 4) is 0 Å². The first-order chi connectivity index (χ1) is 8.61. The van der Waals surface area contributed by atoms with Gasteiger partial charge in [0.2, 0.25) is 11.8 Å². The Morgan fingerprint density at radius 2 is 2.00 bits per heavy atom. The maximum absolute atomic E-state index is 12.5. The van der Waals surface area contributed by atoms with Crippen molar-refractivity contribution in [2.45, 2.75) is 38.1 Å². The summed E-state index contributed by atoms with van der Waals surface area (Å²) in [5.74, 6) is 0.329. The van der Waals surface area contributed by atoms with Crippen LogP contribution in [-0.4, -0.2) is 48.3 Å². The largest absolute Gasteiger partial charge is 0.347 e. The van der Waals surface area contributed by atoms with E-state index in [1.54, 1.807) is 19.0 Å². The van der Waals surface area contributed by atoms with Gasteiger partial charge in [-0.2, -0.15) is 0 Å². The van der Waals surface area contributed by atoms with Gasteiger partial charge in [-0.15, -0.1) is 0 Å². The lowest BCUT2D eigenvalue weighted by atomic mass is 9.93. The van der Waals surface area contributed by atoms with Gasteiger partial charge in [0.1, 0.15) is 6.04 Å². The van der Waals surface area contributed by atoms with Gasteiger partial charge in [0.15, 0.2) is 0 Å². The van der Waals surface area contributed by atoms with Crippen molar-refractivity contribution in [1.29, 1.82) is 0 Å². The Morgan fingerprint density at radius 1 is 1.22 bits per heavy atom. The molecule has 2 atom stereocenters. The van der Waals surface area contributed by atoms with Gasteiger partial charge < -0.3 is 9.80 Å². The molecule has 0 aromatic rings. The minimum atomic E-state index is -0.224. The van der Waals surface area contributed by atoms with Gasteiger partial charge in [0.25, 0.3) is 0 Å². The Bertz CT molecular complexity index is 363. The molecular formula is C14H22N2O2. The Morgan fingerprint density at radius 3 is 2.61 bits per heavy atom. The molecule has 2 amide bonds. The van der Waals surface area contributed by atoms with Crippen molar-refractivity contribution in [3.63, 3.8) is 0 Å². The van der Waals surface area contributed by atoms with Crippen LogP contribution in [0.4, 0.5) is 0 Å².